The average Bonchev–Trinajstić information content (AvgIpc) is 1.67. The van der Waals surface area contributed by atoms with E-state index in [1.165, 1.54) is 24.3 Å². The van der Waals surface area contributed by atoms with Gasteiger partial charge in [-0.25, -0.2) is 18.7 Å². The van der Waals surface area contributed by atoms with E-state index in [0.29, 0.717) is 37.8 Å². The zero-order valence-electron chi connectivity index (χ0n) is 55.0. The van der Waals surface area contributed by atoms with Crippen LogP contribution in [-0.2, 0) is 36.9 Å². The van der Waals surface area contributed by atoms with E-state index in [0.717, 1.165) is 123 Å². The molecule has 0 aliphatic rings. The number of aliphatic hydroxyl groups is 1. The highest BCUT2D eigenvalue weighted by Gasteiger charge is 2.27. The van der Waals surface area contributed by atoms with Crippen molar-refractivity contribution in [1.29, 1.82) is 0 Å². The minimum Gasteiger partial charge on any atom is -0.494 e. The number of carbonyl (C=O) groups excluding carboxylic acids is 4. The smallest absolute Gasteiger partial charge is 0.329 e. The fraction of sp³-hybridized carbons (Fsp3) is 0.351. The molecule has 0 unspecified atom stereocenters. The summed E-state index contributed by atoms with van der Waals surface area (Å²) in [5, 5.41) is 9.60. The molecule has 0 radical (unpaired) electrons. The lowest BCUT2D eigenvalue weighted by Crippen LogP contribution is -2.39. The Balaban J connectivity index is 0.688. The van der Waals surface area contributed by atoms with Crippen molar-refractivity contribution in [3.8, 4) is 33.8 Å². The minimum atomic E-state index is -0.796. The zero-order valence-corrected chi connectivity index (χ0v) is 55.0. The summed E-state index contributed by atoms with van der Waals surface area (Å²) in [7, 11) is 0. The van der Waals surface area contributed by atoms with Crippen molar-refractivity contribution in [3.63, 3.8) is 0 Å². The minimum absolute atomic E-state index is 0.0241. The summed E-state index contributed by atoms with van der Waals surface area (Å²) < 4.78 is 34.0. The number of aliphatic hydroxyl groups excluding tert-OH is 1. The third-order valence-corrected chi connectivity index (χ3v) is 16.4. The van der Waals surface area contributed by atoms with E-state index in [-0.39, 0.29) is 51.1 Å². The molecule has 21 nitrogen and oxygen atoms in total. The summed E-state index contributed by atoms with van der Waals surface area (Å²) in [5.74, 6) is -0.579. The third kappa shape index (κ3) is 16.0. The quantitative estimate of drug-likeness (QED) is 0.0224. The largest absolute Gasteiger partial charge is 0.494 e. The van der Waals surface area contributed by atoms with E-state index >= 15 is 0 Å². The number of unbranched alkanes of at least 4 members (excludes halogenated alkanes) is 4. The summed E-state index contributed by atoms with van der Waals surface area (Å²) in [6.07, 6.45) is 9.29. The second-order valence-electron chi connectivity index (χ2n) is 25.6. The van der Waals surface area contributed by atoms with Crippen LogP contribution in [-0.4, -0.2) is 125 Å². The molecule has 496 valence electrons. The van der Waals surface area contributed by atoms with Gasteiger partial charge in [0, 0.05) is 41.2 Å². The van der Waals surface area contributed by atoms with Crippen LogP contribution in [0.2, 0.25) is 0 Å². The van der Waals surface area contributed by atoms with Crippen LogP contribution in [0.15, 0.2) is 153 Å². The maximum atomic E-state index is 14.4. The number of nitrogens with zero attached hydrogens (tertiary/aromatic N) is 5. The standard InChI is InChI=1S/C74H81N7O14/c1-47-63(59-19-11-15-35-78(59)65(47)67(85)51-25-31-55-57(43-51)75-71(89)80(69(55)87)45-61(83)94-73(3,4)5)49-21-27-53(28-22-49)92-39-17-9-13-33-77(37-41-91-42-38-82)34-14-10-18-40-93-54-29-23-50(24-30-54)64-48(2)66(79-36-16-12-20-60(64)79)68(86)52-26-32-56-58(44-52)76-72(90)81(70(56)88)46-62(84)95-74(6,7)8/h11-12,15-16,19-32,35-36,43-44,82H,9-10,13-14,17-18,33-34,37-42,45-46H2,1-8H3,(H,75,89)(H,76,90). The van der Waals surface area contributed by atoms with Gasteiger partial charge in [-0.2, -0.15) is 0 Å². The first-order valence-corrected chi connectivity index (χ1v) is 32.1. The number of carbonyl (C=O) groups is 4. The first kappa shape index (κ1) is 67.9. The van der Waals surface area contributed by atoms with Crippen LogP contribution in [0.3, 0.4) is 0 Å². The first-order valence-electron chi connectivity index (χ1n) is 32.1. The van der Waals surface area contributed by atoms with Crippen LogP contribution >= 0.6 is 0 Å². The molecule has 0 spiro atoms. The van der Waals surface area contributed by atoms with Gasteiger partial charge >= 0.3 is 23.3 Å². The number of esters is 2. The predicted octanol–water partition coefficient (Wildman–Crippen LogP) is 10.4. The number of pyridine rings is 2. The number of rotatable bonds is 29. The normalized spacial score (nSPS) is 11.9. The Morgan fingerprint density at radius 3 is 1.32 bits per heavy atom. The molecule has 0 atom stereocenters. The molecule has 0 saturated heterocycles. The highest BCUT2D eigenvalue weighted by atomic mass is 16.6. The van der Waals surface area contributed by atoms with E-state index in [1.54, 1.807) is 53.7 Å². The molecule has 0 saturated carbocycles. The molecule has 10 aromatic rings. The molecule has 21 heteroatoms. The van der Waals surface area contributed by atoms with Crippen LogP contribution < -0.4 is 32.0 Å². The molecule has 0 bridgehead atoms. The van der Waals surface area contributed by atoms with Crippen molar-refractivity contribution in [2.75, 3.05) is 52.7 Å². The predicted molar refractivity (Wildman–Crippen MR) is 364 cm³/mol. The van der Waals surface area contributed by atoms with E-state index in [1.807, 2.05) is 120 Å². The lowest BCUT2D eigenvalue weighted by molar-refractivity contribution is -0.156. The molecule has 3 N–H and O–H groups in total. The number of hydrogen-bond acceptors (Lipinski definition) is 15. The van der Waals surface area contributed by atoms with Gasteiger partial charge < -0.3 is 52.5 Å². The van der Waals surface area contributed by atoms with E-state index in [2.05, 4.69) is 14.9 Å². The van der Waals surface area contributed by atoms with Gasteiger partial charge in [0.1, 0.15) is 35.8 Å². The van der Waals surface area contributed by atoms with Crippen LogP contribution in [0, 0.1) is 13.8 Å². The van der Waals surface area contributed by atoms with Gasteiger partial charge in [-0.15, -0.1) is 0 Å². The summed E-state index contributed by atoms with van der Waals surface area (Å²) in [6.45, 7) is 17.3. The van der Waals surface area contributed by atoms with Gasteiger partial charge in [0.05, 0.1) is 77.3 Å². The Morgan fingerprint density at radius 2 is 0.916 bits per heavy atom. The Kier molecular flexibility index (Phi) is 21.1. The Bertz CT molecular complexity index is 4430. The highest BCUT2D eigenvalue weighted by Crippen LogP contribution is 2.37. The van der Waals surface area contributed by atoms with Crippen LogP contribution in [0.1, 0.15) is 123 Å². The molecule has 4 aromatic carbocycles. The Labute approximate surface area is 548 Å². The number of benzene rings is 4. The monoisotopic (exact) mass is 1290 g/mol. The molecular formula is C74H81N7O14. The number of nitrogens with one attached hydrogen (secondary N) is 2. The number of ether oxygens (including phenoxy) is 5. The molecular weight excluding hydrogens is 1210 g/mol. The van der Waals surface area contributed by atoms with Crippen LogP contribution in [0.5, 0.6) is 11.5 Å². The third-order valence-electron chi connectivity index (χ3n) is 16.4. The number of fused-ring (bicyclic) bond motifs is 4. The van der Waals surface area contributed by atoms with Gasteiger partial charge in [0.15, 0.2) is 0 Å². The zero-order chi connectivity index (χ0) is 67.7. The topological polar surface area (TPSA) is 256 Å². The highest BCUT2D eigenvalue weighted by molar-refractivity contribution is 6.14. The Morgan fingerprint density at radius 1 is 0.495 bits per heavy atom. The molecule has 6 aromatic heterocycles. The van der Waals surface area contributed by atoms with Crippen molar-refractivity contribution in [2.45, 2.75) is 118 Å². The van der Waals surface area contributed by atoms with E-state index < -0.39 is 58.7 Å². The Hall–Kier alpha value is -9.96. The molecule has 0 fully saturated rings. The van der Waals surface area contributed by atoms with Gasteiger partial charge in [0.2, 0.25) is 11.6 Å². The van der Waals surface area contributed by atoms with Crippen LogP contribution in [0.4, 0.5) is 0 Å². The summed E-state index contributed by atoms with van der Waals surface area (Å²) >= 11 is 0. The van der Waals surface area contributed by atoms with Crippen LogP contribution in [0.25, 0.3) is 55.1 Å². The summed E-state index contributed by atoms with van der Waals surface area (Å²) in [6, 6.07) is 36.2. The average molecular weight is 1290 g/mol. The fourth-order valence-electron chi connectivity index (χ4n) is 12.1. The van der Waals surface area contributed by atoms with Crippen molar-refractivity contribution >= 4 is 56.3 Å². The summed E-state index contributed by atoms with van der Waals surface area (Å²) in [5.41, 5.74) is 4.01. The van der Waals surface area contributed by atoms with Crippen molar-refractivity contribution in [3.05, 3.63) is 209 Å². The molecule has 0 aliphatic heterocycles. The van der Waals surface area contributed by atoms with Gasteiger partial charge in [-0.05, 0) is 202 Å². The van der Waals surface area contributed by atoms with Crippen molar-refractivity contribution < 1.29 is 48.0 Å². The summed E-state index contributed by atoms with van der Waals surface area (Å²) in [4.78, 5) is 114. The SMILES string of the molecule is Cc1c(-c2ccc(OCCCCCN(CCCCCOc3ccc(-c4c(C)c(C(=O)c5ccc6c(=O)n(CC(=O)OC(C)(C)C)c(=O)[nH]c6c5)n5ccccc45)cc3)CCOCCO)cc2)c2ccccn2c1C(=O)c1ccc2c(=O)n(CC(=O)OC(C)(C)C)c(=O)[nH]c2c1. The van der Waals surface area contributed by atoms with E-state index in [4.69, 9.17) is 23.7 Å². The second-order valence-corrected chi connectivity index (χ2v) is 25.6. The van der Waals surface area contributed by atoms with Crippen molar-refractivity contribution in [1.82, 2.24) is 32.8 Å². The number of aromatic nitrogens is 6. The maximum Gasteiger partial charge on any atom is 0.329 e. The molecule has 10 rings (SSSR count). The lowest BCUT2D eigenvalue weighted by Gasteiger charge is -2.22. The lowest BCUT2D eigenvalue weighted by atomic mass is 9.98. The fourth-order valence-corrected chi connectivity index (χ4v) is 12.1. The number of aromatic amines is 2. The number of hydrogen-bond donors (Lipinski definition) is 3. The molecule has 95 heavy (non-hydrogen) atoms. The van der Waals surface area contributed by atoms with E-state index in [9.17, 15) is 43.5 Å². The number of ketones is 2. The molecule has 0 amide bonds. The second kappa shape index (κ2) is 29.5. The molecule has 0 aliphatic carbocycles. The first-order chi connectivity index (χ1) is 45.5. The van der Waals surface area contributed by atoms with Gasteiger partial charge in [0.25, 0.3) is 11.1 Å². The van der Waals surface area contributed by atoms with Gasteiger partial charge in [-0.3, -0.25) is 28.8 Å². The molecule has 6 heterocycles. The maximum absolute atomic E-state index is 14.4. The van der Waals surface area contributed by atoms with Gasteiger partial charge in [-0.1, -0.05) is 48.5 Å². The number of H-pyrrole nitrogens is 2. The van der Waals surface area contributed by atoms with Crippen molar-refractivity contribution in [2.24, 2.45) is 0 Å².